The summed E-state index contributed by atoms with van der Waals surface area (Å²) in [5.41, 5.74) is 0. The number of nitrogens with one attached hydrogen (secondary N) is 2. The molecule has 0 aromatic heterocycles. The summed E-state index contributed by atoms with van der Waals surface area (Å²) in [4.78, 5) is 6.56. The lowest BCUT2D eigenvalue weighted by Crippen LogP contribution is -2.42. The second-order valence-electron chi connectivity index (χ2n) is 6.55. The molecule has 2 N–H and O–H groups in total. The SMILES string of the molecule is CN=C(NCCCCN(C)C(C)C)NCC(C)Oc1cccc(F)c1. The predicted octanol–water partition coefficient (Wildman–Crippen LogP) is 2.88. The molecule has 0 fully saturated rings. The number of ether oxygens (including phenoxy) is 1. The summed E-state index contributed by atoms with van der Waals surface area (Å²) in [5, 5.41) is 6.54. The number of rotatable bonds is 10. The van der Waals surface area contributed by atoms with Crippen molar-refractivity contribution in [2.24, 2.45) is 4.99 Å². The van der Waals surface area contributed by atoms with E-state index in [-0.39, 0.29) is 11.9 Å². The van der Waals surface area contributed by atoms with E-state index in [1.54, 1.807) is 19.2 Å². The van der Waals surface area contributed by atoms with Crippen LogP contribution >= 0.6 is 0 Å². The molecule has 0 saturated carbocycles. The van der Waals surface area contributed by atoms with Gasteiger partial charge in [0.2, 0.25) is 0 Å². The fourth-order valence-corrected chi connectivity index (χ4v) is 2.23. The topological polar surface area (TPSA) is 48.9 Å². The van der Waals surface area contributed by atoms with Crippen LogP contribution in [0.2, 0.25) is 0 Å². The van der Waals surface area contributed by atoms with Crippen LogP contribution in [0.4, 0.5) is 4.39 Å². The summed E-state index contributed by atoms with van der Waals surface area (Å²) < 4.78 is 18.8. The van der Waals surface area contributed by atoms with Crippen LogP contribution < -0.4 is 15.4 Å². The Kier molecular flexibility index (Phi) is 9.92. The van der Waals surface area contributed by atoms with Crippen molar-refractivity contribution < 1.29 is 9.13 Å². The van der Waals surface area contributed by atoms with Gasteiger partial charge in [0.15, 0.2) is 5.96 Å². The molecule has 1 aromatic rings. The Labute approximate surface area is 151 Å². The highest BCUT2D eigenvalue weighted by molar-refractivity contribution is 5.79. The molecular formula is C19H33FN4O. The van der Waals surface area contributed by atoms with Crippen molar-refractivity contribution in [2.45, 2.75) is 45.8 Å². The quantitative estimate of drug-likeness (QED) is 0.386. The zero-order valence-corrected chi connectivity index (χ0v) is 16.2. The van der Waals surface area contributed by atoms with E-state index in [1.165, 1.54) is 12.1 Å². The van der Waals surface area contributed by atoms with Gasteiger partial charge in [0.1, 0.15) is 17.7 Å². The van der Waals surface area contributed by atoms with Crippen LogP contribution in [0.5, 0.6) is 5.75 Å². The average molecular weight is 352 g/mol. The summed E-state index contributed by atoms with van der Waals surface area (Å²) >= 11 is 0. The van der Waals surface area contributed by atoms with Gasteiger partial charge in [0.25, 0.3) is 0 Å². The largest absolute Gasteiger partial charge is 0.489 e. The number of benzene rings is 1. The molecule has 6 heteroatoms. The third-order valence-electron chi connectivity index (χ3n) is 4.03. The van der Waals surface area contributed by atoms with Crippen LogP contribution in [-0.4, -0.2) is 56.7 Å². The monoisotopic (exact) mass is 352 g/mol. The van der Waals surface area contributed by atoms with Crippen molar-refractivity contribution in [3.05, 3.63) is 30.1 Å². The Morgan fingerprint density at radius 2 is 2.00 bits per heavy atom. The van der Waals surface area contributed by atoms with Crippen molar-refractivity contribution in [3.8, 4) is 5.75 Å². The molecule has 0 spiro atoms. The first kappa shape index (κ1) is 21.2. The highest BCUT2D eigenvalue weighted by Gasteiger charge is 2.07. The first-order valence-corrected chi connectivity index (χ1v) is 8.99. The van der Waals surface area contributed by atoms with Crippen LogP contribution in [0, 0.1) is 5.82 Å². The molecular weight excluding hydrogens is 319 g/mol. The summed E-state index contributed by atoms with van der Waals surface area (Å²) in [6.45, 7) is 8.92. The molecule has 0 aliphatic rings. The third-order valence-corrected chi connectivity index (χ3v) is 4.03. The maximum absolute atomic E-state index is 13.2. The number of nitrogens with zero attached hydrogens (tertiary/aromatic N) is 2. The van der Waals surface area contributed by atoms with Gasteiger partial charge >= 0.3 is 0 Å². The fourth-order valence-electron chi connectivity index (χ4n) is 2.23. The van der Waals surface area contributed by atoms with Gasteiger partial charge in [0, 0.05) is 25.7 Å². The van der Waals surface area contributed by atoms with Crippen LogP contribution in [-0.2, 0) is 0 Å². The minimum Gasteiger partial charge on any atom is -0.489 e. The van der Waals surface area contributed by atoms with Crippen molar-refractivity contribution in [2.75, 3.05) is 33.7 Å². The van der Waals surface area contributed by atoms with Crippen LogP contribution in [0.15, 0.2) is 29.3 Å². The minimum absolute atomic E-state index is 0.0972. The maximum Gasteiger partial charge on any atom is 0.191 e. The van der Waals surface area contributed by atoms with E-state index in [1.807, 2.05) is 6.92 Å². The van der Waals surface area contributed by atoms with Crippen molar-refractivity contribution in [1.29, 1.82) is 0 Å². The minimum atomic E-state index is -0.293. The summed E-state index contributed by atoms with van der Waals surface area (Å²) in [6, 6.07) is 6.77. The van der Waals surface area contributed by atoms with E-state index in [0.717, 1.165) is 31.9 Å². The van der Waals surface area contributed by atoms with Gasteiger partial charge in [0.05, 0.1) is 6.54 Å². The molecule has 0 heterocycles. The summed E-state index contributed by atoms with van der Waals surface area (Å²) in [7, 11) is 3.90. The zero-order chi connectivity index (χ0) is 18.7. The highest BCUT2D eigenvalue weighted by atomic mass is 19.1. The summed E-state index contributed by atoms with van der Waals surface area (Å²) in [5.74, 6) is 0.997. The van der Waals surface area contributed by atoms with Gasteiger partial charge in [-0.05, 0) is 59.3 Å². The van der Waals surface area contributed by atoms with E-state index in [0.29, 0.717) is 18.3 Å². The fraction of sp³-hybridized carbons (Fsp3) is 0.632. The number of unbranched alkanes of at least 4 members (excludes halogenated alkanes) is 1. The molecule has 5 nitrogen and oxygen atoms in total. The Balaban J connectivity index is 2.21. The van der Waals surface area contributed by atoms with Gasteiger partial charge in [-0.1, -0.05) is 6.07 Å². The van der Waals surface area contributed by atoms with Gasteiger partial charge < -0.3 is 20.3 Å². The molecule has 1 atom stereocenters. The van der Waals surface area contributed by atoms with Gasteiger partial charge in [-0.15, -0.1) is 0 Å². The molecule has 142 valence electrons. The van der Waals surface area contributed by atoms with Crippen LogP contribution in [0.25, 0.3) is 0 Å². The molecule has 0 aliphatic carbocycles. The highest BCUT2D eigenvalue weighted by Crippen LogP contribution is 2.13. The number of hydrogen-bond acceptors (Lipinski definition) is 3. The number of hydrogen-bond donors (Lipinski definition) is 2. The molecule has 1 rings (SSSR count). The molecule has 0 saturated heterocycles. The maximum atomic E-state index is 13.2. The normalized spacial score (nSPS) is 13.2. The molecule has 0 bridgehead atoms. The Morgan fingerprint density at radius 1 is 1.24 bits per heavy atom. The standard InChI is InChI=1S/C19H33FN4O/c1-15(2)24(5)12-7-6-11-22-19(21-4)23-14-16(3)25-18-10-8-9-17(20)13-18/h8-10,13,15-16H,6-7,11-12,14H2,1-5H3,(H2,21,22,23). The number of halogens is 1. The van der Waals surface area contributed by atoms with Gasteiger partial charge in [-0.3, -0.25) is 4.99 Å². The lowest BCUT2D eigenvalue weighted by molar-refractivity contribution is 0.223. The van der Waals surface area contributed by atoms with Crippen LogP contribution in [0.1, 0.15) is 33.6 Å². The first-order chi connectivity index (χ1) is 11.9. The smallest absolute Gasteiger partial charge is 0.191 e. The van der Waals surface area contributed by atoms with Gasteiger partial charge in [-0.2, -0.15) is 0 Å². The second kappa shape index (κ2) is 11.7. The van der Waals surface area contributed by atoms with E-state index in [2.05, 4.69) is 41.4 Å². The number of guanidine groups is 1. The zero-order valence-electron chi connectivity index (χ0n) is 16.2. The lowest BCUT2D eigenvalue weighted by atomic mass is 10.2. The number of aliphatic imine (C=N–C) groups is 1. The Bertz CT molecular complexity index is 522. The predicted molar refractivity (Wildman–Crippen MR) is 103 cm³/mol. The van der Waals surface area contributed by atoms with Crippen molar-refractivity contribution in [1.82, 2.24) is 15.5 Å². The van der Waals surface area contributed by atoms with Crippen LogP contribution in [0.3, 0.4) is 0 Å². The van der Waals surface area contributed by atoms with E-state index in [9.17, 15) is 4.39 Å². The molecule has 0 aliphatic heterocycles. The van der Waals surface area contributed by atoms with Crippen molar-refractivity contribution >= 4 is 5.96 Å². The molecule has 1 unspecified atom stereocenters. The first-order valence-electron chi connectivity index (χ1n) is 8.99. The molecule has 0 radical (unpaired) electrons. The summed E-state index contributed by atoms with van der Waals surface area (Å²) in [6.07, 6.45) is 2.14. The molecule has 0 amide bonds. The Hall–Kier alpha value is -1.82. The molecule has 25 heavy (non-hydrogen) atoms. The average Bonchev–Trinajstić information content (AvgIpc) is 2.57. The third kappa shape index (κ3) is 9.29. The van der Waals surface area contributed by atoms with E-state index >= 15 is 0 Å². The lowest BCUT2D eigenvalue weighted by Gasteiger charge is -2.21. The van der Waals surface area contributed by atoms with Crippen molar-refractivity contribution in [3.63, 3.8) is 0 Å². The van der Waals surface area contributed by atoms with Gasteiger partial charge in [-0.25, -0.2) is 4.39 Å². The van der Waals surface area contributed by atoms with E-state index in [4.69, 9.17) is 4.74 Å². The van der Waals surface area contributed by atoms with E-state index < -0.39 is 0 Å². The Morgan fingerprint density at radius 3 is 2.64 bits per heavy atom. The second-order valence-corrected chi connectivity index (χ2v) is 6.55. The molecule has 1 aromatic carbocycles.